The number of benzene rings is 1. The van der Waals surface area contributed by atoms with E-state index in [-0.39, 0.29) is 25.7 Å². The zero-order valence-electron chi connectivity index (χ0n) is 15.0. The number of rotatable bonds is 11. The number of carboxylic acids is 1. The van der Waals surface area contributed by atoms with Gasteiger partial charge in [0.25, 0.3) is 0 Å². The normalized spacial score (nSPS) is 11.7. The molecule has 0 fully saturated rings. The van der Waals surface area contributed by atoms with Gasteiger partial charge in [-0.3, -0.25) is 0 Å². The van der Waals surface area contributed by atoms with Crippen LogP contribution in [0, 0.1) is 5.92 Å². The molecule has 8 heteroatoms. The van der Waals surface area contributed by atoms with Gasteiger partial charge in [-0.2, -0.15) is 0 Å². The Labute approximate surface area is 152 Å². The maximum Gasteiger partial charge on any atom is 0.408 e. The second-order valence-electron chi connectivity index (χ2n) is 6.00. The Bertz CT molecular complexity index is 574. The Kier molecular flexibility index (Phi) is 9.78. The highest BCUT2D eigenvalue weighted by atomic mass is 16.6. The highest BCUT2D eigenvalue weighted by Crippen LogP contribution is 2.08. The number of amides is 1. The van der Waals surface area contributed by atoms with E-state index in [4.69, 9.17) is 19.3 Å². The molecule has 0 spiro atoms. The van der Waals surface area contributed by atoms with Crippen LogP contribution in [0.5, 0.6) is 0 Å². The molecule has 1 unspecified atom stereocenters. The van der Waals surface area contributed by atoms with Crippen LogP contribution >= 0.6 is 0 Å². The van der Waals surface area contributed by atoms with Gasteiger partial charge < -0.3 is 24.6 Å². The summed E-state index contributed by atoms with van der Waals surface area (Å²) in [5.41, 5.74) is 0.834. The summed E-state index contributed by atoms with van der Waals surface area (Å²) >= 11 is 0. The fraction of sp³-hybridized carbons (Fsp3) is 0.500. The molecule has 1 amide bonds. The first-order chi connectivity index (χ1) is 12.4. The average molecular weight is 367 g/mol. The quantitative estimate of drug-likeness (QED) is 0.454. The number of nitrogens with one attached hydrogen (secondary N) is 1. The topological polar surface area (TPSA) is 111 Å². The maximum absolute atomic E-state index is 12.1. The third kappa shape index (κ3) is 9.63. The molecule has 0 saturated heterocycles. The van der Waals surface area contributed by atoms with Gasteiger partial charge in [0.05, 0.1) is 6.61 Å². The second kappa shape index (κ2) is 11.9. The SMILES string of the molecule is CC(C)CC(NC(=O)OCc1ccccc1)C(=O)OCCOCC(=O)O. The van der Waals surface area contributed by atoms with Crippen LogP contribution < -0.4 is 5.32 Å². The molecular formula is C18H25NO7. The van der Waals surface area contributed by atoms with Gasteiger partial charge in [-0.25, -0.2) is 14.4 Å². The molecule has 1 aromatic rings. The zero-order valence-corrected chi connectivity index (χ0v) is 15.0. The summed E-state index contributed by atoms with van der Waals surface area (Å²) in [6.07, 6.45) is -0.325. The highest BCUT2D eigenvalue weighted by molar-refractivity contribution is 5.81. The van der Waals surface area contributed by atoms with Gasteiger partial charge in [0, 0.05) is 0 Å². The summed E-state index contributed by atoms with van der Waals surface area (Å²) in [5, 5.41) is 11.0. The van der Waals surface area contributed by atoms with E-state index in [1.165, 1.54) is 0 Å². The van der Waals surface area contributed by atoms with Crippen molar-refractivity contribution in [1.82, 2.24) is 5.32 Å². The highest BCUT2D eigenvalue weighted by Gasteiger charge is 2.24. The first kappa shape index (κ1) is 21.4. The minimum Gasteiger partial charge on any atom is -0.480 e. The zero-order chi connectivity index (χ0) is 19.4. The smallest absolute Gasteiger partial charge is 0.408 e. The maximum atomic E-state index is 12.1. The lowest BCUT2D eigenvalue weighted by Crippen LogP contribution is -2.43. The van der Waals surface area contributed by atoms with Gasteiger partial charge in [-0.1, -0.05) is 44.2 Å². The molecule has 0 aliphatic carbocycles. The first-order valence-corrected chi connectivity index (χ1v) is 8.32. The van der Waals surface area contributed by atoms with E-state index in [9.17, 15) is 14.4 Å². The van der Waals surface area contributed by atoms with Gasteiger partial charge in [0.1, 0.15) is 25.9 Å². The van der Waals surface area contributed by atoms with Gasteiger partial charge >= 0.3 is 18.0 Å². The van der Waals surface area contributed by atoms with E-state index >= 15 is 0 Å². The molecule has 0 aliphatic heterocycles. The predicted molar refractivity (Wildman–Crippen MR) is 92.4 cm³/mol. The predicted octanol–water partition coefficient (Wildman–Crippen LogP) is 1.97. The van der Waals surface area contributed by atoms with Crippen molar-refractivity contribution in [1.29, 1.82) is 0 Å². The summed E-state index contributed by atoms with van der Waals surface area (Å²) in [7, 11) is 0. The van der Waals surface area contributed by atoms with E-state index in [2.05, 4.69) is 5.32 Å². The third-order valence-electron chi connectivity index (χ3n) is 3.19. The minimum absolute atomic E-state index is 0.0368. The van der Waals surface area contributed by atoms with Crippen molar-refractivity contribution in [3.05, 3.63) is 35.9 Å². The summed E-state index contributed by atoms with van der Waals surface area (Å²) < 4.78 is 14.9. The van der Waals surface area contributed by atoms with E-state index in [0.717, 1.165) is 5.56 Å². The molecule has 2 N–H and O–H groups in total. The van der Waals surface area contributed by atoms with Crippen LogP contribution in [0.4, 0.5) is 4.79 Å². The molecule has 1 aromatic carbocycles. The van der Waals surface area contributed by atoms with Crippen LogP contribution in [0.15, 0.2) is 30.3 Å². The Morgan fingerprint density at radius 3 is 2.38 bits per heavy atom. The number of aliphatic carboxylic acids is 1. The molecule has 0 radical (unpaired) electrons. The van der Waals surface area contributed by atoms with Gasteiger partial charge in [0.2, 0.25) is 0 Å². The van der Waals surface area contributed by atoms with Gasteiger partial charge in [-0.15, -0.1) is 0 Å². The van der Waals surface area contributed by atoms with Crippen molar-refractivity contribution >= 4 is 18.0 Å². The molecule has 1 rings (SSSR count). The van der Waals surface area contributed by atoms with Gasteiger partial charge in [0.15, 0.2) is 0 Å². The number of hydrogen-bond acceptors (Lipinski definition) is 6. The Morgan fingerprint density at radius 2 is 1.77 bits per heavy atom. The molecule has 144 valence electrons. The van der Waals surface area contributed by atoms with E-state index in [1.54, 1.807) is 0 Å². The van der Waals surface area contributed by atoms with Crippen LogP contribution in [0.2, 0.25) is 0 Å². The van der Waals surface area contributed by atoms with Crippen LogP contribution in [0.25, 0.3) is 0 Å². The molecular weight excluding hydrogens is 342 g/mol. The summed E-state index contributed by atoms with van der Waals surface area (Å²) in [6, 6.07) is 8.33. The summed E-state index contributed by atoms with van der Waals surface area (Å²) in [5.74, 6) is -1.57. The summed E-state index contributed by atoms with van der Waals surface area (Å²) in [6.45, 7) is 3.32. The van der Waals surface area contributed by atoms with Crippen LogP contribution in [-0.2, 0) is 30.4 Å². The molecule has 26 heavy (non-hydrogen) atoms. The average Bonchev–Trinajstić information content (AvgIpc) is 2.59. The van der Waals surface area contributed by atoms with Crippen molar-refractivity contribution in [2.45, 2.75) is 32.9 Å². The van der Waals surface area contributed by atoms with E-state index in [1.807, 2.05) is 44.2 Å². The fourth-order valence-electron chi connectivity index (χ4n) is 2.05. The monoisotopic (exact) mass is 367 g/mol. The number of carboxylic acid groups (broad SMARTS) is 1. The summed E-state index contributed by atoms with van der Waals surface area (Å²) in [4.78, 5) is 34.4. The van der Waals surface area contributed by atoms with Crippen molar-refractivity contribution in [2.24, 2.45) is 5.92 Å². The van der Waals surface area contributed by atoms with Crippen LogP contribution in [0.3, 0.4) is 0 Å². The largest absolute Gasteiger partial charge is 0.480 e. The van der Waals surface area contributed by atoms with Crippen molar-refractivity contribution in [3.8, 4) is 0 Å². The van der Waals surface area contributed by atoms with Crippen molar-refractivity contribution < 1.29 is 33.7 Å². The Hall–Kier alpha value is -2.61. The molecule has 0 aliphatic rings. The fourth-order valence-corrected chi connectivity index (χ4v) is 2.05. The first-order valence-electron chi connectivity index (χ1n) is 8.32. The number of carbonyl (C=O) groups is 3. The molecule has 0 aromatic heterocycles. The number of hydrogen-bond donors (Lipinski definition) is 2. The Balaban J connectivity index is 2.42. The lowest BCUT2D eigenvalue weighted by molar-refractivity contribution is -0.149. The second-order valence-corrected chi connectivity index (χ2v) is 6.00. The van der Waals surface area contributed by atoms with Gasteiger partial charge in [-0.05, 0) is 17.9 Å². The third-order valence-corrected chi connectivity index (χ3v) is 3.19. The van der Waals surface area contributed by atoms with Crippen molar-refractivity contribution in [3.63, 3.8) is 0 Å². The number of ether oxygens (including phenoxy) is 3. The number of alkyl carbamates (subject to hydrolysis) is 1. The lowest BCUT2D eigenvalue weighted by Gasteiger charge is -2.19. The molecule has 0 bridgehead atoms. The van der Waals surface area contributed by atoms with Crippen molar-refractivity contribution in [2.75, 3.05) is 19.8 Å². The lowest BCUT2D eigenvalue weighted by atomic mass is 10.0. The number of carbonyl (C=O) groups excluding carboxylic acids is 2. The molecule has 0 saturated carbocycles. The minimum atomic E-state index is -1.10. The number of esters is 1. The van der Waals surface area contributed by atoms with E-state index < -0.39 is 30.7 Å². The molecule has 0 heterocycles. The standard InChI is InChI=1S/C18H25NO7/c1-13(2)10-15(17(22)25-9-8-24-12-16(20)21)19-18(23)26-11-14-6-4-3-5-7-14/h3-7,13,15H,8-12H2,1-2H3,(H,19,23)(H,20,21). The Morgan fingerprint density at radius 1 is 1.08 bits per heavy atom. The van der Waals surface area contributed by atoms with E-state index in [0.29, 0.717) is 6.42 Å². The molecule has 8 nitrogen and oxygen atoms in total. The molecule has 1 atom stereocenters. The van der Waals surface area contributed by atoms with Crippen LogP contribution in [-0.4, -0.2) is 49.0 Å². The van der Waals surface area contributed by atoms with Crippen LogP contribution in [0.1, 0.15) is 25.8 Å².